The number of benzene rings is 2. The minimum atomic E-state index is -0.479. The van der Waals surface area contributed by atoms with E-state index in [1.54, 1.807) is 42.3 Å². The van der Waals surface area contributed by atoms with Crippen LogP contribution in [-0.2, 0) is 28.8 Å². The van der Waals surface area contributed by atoms with Gasteiger partial charge in [0.15, 0.2) is 0 Å². The van der Waals surface area contributed by atoms with Crippen molar-refractivity contribution in [1.29, 1.82) is 0 Å². The quantitative estimate of drug-likeness (QED) is 0.0727. The number of nitrogens with one attached hydrogen (secondary N) is 6. The largest absolute Gasteiger partial charge is 0.282 e. The third-order valence-corrected chi connectivity index (χ3v) is 15.3. The van der Waals surface area contributed by atoms with Crippen LogP contribution in [0, 0.1) is 22.7 Å². The Bertz CT molecular complexity index is 2210. The highest BCUT2D eigenvalue weighted by atomic mass is 32.1. The van der Waals surface area contributed by atoms with Crippen LogP contribution in [0.3, 0.4) is 0 Å². The minimum Gasteiger partial charge on any atom is -0.282 e. The van der Waals surface area contributed by atoms with Crippen molar-refractivity contribution < 1.29 is 28.8 Å². The van der Waals surface area contributed by atoms with Gasteiger partial charge in [-0.1, -0.05) is 178 Å². The lowest BCUT2D eigenvalue weighted by Crippen LogP contribution is -2.49. The molecule has 0 spiro atoms. The predicted molar refractivity (Wildman–Crippen MR) is 323 cm³/mol. The van der Waals surface area contributed by atoms with Crippen LogP contribution in [0.5, 0.6) is 0 Å². The second-order valence-electron chi connectivity index (χ2n) is 18.4. The van der Waals surface area contributed by atoms with E-state index in [2.05, 4.69) is 46.4 Å². The first-order valence-electron chi connectivity index (χ1n) is 22.9. The number of thiocarbonyl (C=S) groups is 6. The molecule has 6 N–H and O–H groups in total. The summed E-state index contributed by atoms with van der Waals surface area (Å²) in [6.45, 7) is 4.14. The Morgan fingerprint density at radius 2 is 0.640 bits per heavy atom. The molecule has 4 aliphatic carbocycles. The van der Waals surface area contributed by atoms with Gasteiger partial charge < -0.3 is 0 Å². The van der Waals surface area contributed by atoms with Crippen molar-refractivity contribution in [2.75, 3.05) is 42.3 Å². The lowest BCUT2D eigenvalue weighted by Gasteiger charge is -2.26. The van der Waals surface area contributed by atoms with Gasteiger partial charge in [-0.05, 0) is 51.4 Å². The first-order chi connectivity index (χ1) is 33.3. The molecule has 75 heavy (non-hydrogen) atoms. The van der Waals surface area contributed by atoms with Gasteiger partial charge in [-0.15, -0.1) is 0 Å². The molecule has 6 rings (SSSR count). The van der Waals surface area contributed by atoms with E-state index in [-0.39, 0.29) is 71.6 Å². The van der Waals surface area contributed by atoms with Gasteiger partial charge >= 0.3 is 0 Å². The highest BCUT2D eigenvalue weighted by Crippen LogP contribution is 2.47. The summed E-state index contributed by atoms with van der Waals surface area (Å²) in [7, 11) is 10.1. The molecule has 0 aliphatic heterocycles. The fourth-order valence-electron chi connectivity index (χ4n) is 6.48. The Balaban J connectivity index is 0.00000107. The van der Waals surface area contributed by atoms with Gasteiger partial charge in [0.2, 0.25) is 35.4 Å². The van der Waals surface area contributed by atoms with E-state index in [1.165, 1.54) is 30.1 Å². The maximum absolute atomic E-state index is 12.1. The number of amides is 6. The number of nitrogens with zero attached hydrogens (tertiary/aromatic N) is 6. The van der Waals surface area contributed by atoms with Crippen molar-refractivity contribution in [1.82, 2.24) is 62.6 Å². The zero-order valence-electron chi connectivity index (χ0n) is 41.3. The molecule has 0 unspecified atom stereocenters. The molecule has 6 amide bonds. The standard InChI is InChI=1S/C19H20N4O2S2.C15H24N4O2S2.C13H20N4O2S2.4CH4/c1-22(18(26)14-9-5-3-6-10-14)20-16(24)13-17(25)21-23(2)19(27)15-11-7-4-8-12-15;1-14(5-6-14)12(22)18(3)16-10(20)9-11(21)17-19(4)13(23)15(2)7-8-15;1-16(12(20)8-3-4-8)14-10(18)7-11(19)15-17(2)13(21)9-5-6-9;;;;/h3-12H,13H2,1-2H3,(H,20,24)(H,21,25);5-9H2,1-4H3,(H,16,20)(H,17,21);8-9H,3-7H2,1-2H3,(H,14,18)(H,15,19);4*1H4. The number of hydrogen-bond donors (Lipinski definition) is 6. The summed E-state index contributed by atoms with van der Waals surface area (Å²) >= 11 is 31.8. The molecule has 0 bridgehead atoms. The Kier molecular flexibility index (Phi) is 29.3. The van der Waals surface area contributed by atoms with Crippen LogP contribution < -0.4 is 32.6 Å². The molecule has 0 aromatic heterocycles. The van der Waals surface area contributed by atoms with Crippen LogP contribution in [0.2, 0.25) is 0 Å². The number of carbonyl (C=O) groups excluding carboxylic acids is 6. The summed E-state index contributed by atoms with van der Waals surface area (Å²) in [5.74, 6) is -1.74. The third-order valence-electron chi connectivity index (χ3n) is 11.5. The first-order valence-corrected chi connectivity index (χ1v) is 25.3. The van der Waals surface area contributed by atoms with Crippen molar-refractivity contribution in [3.63, 3.8) is 0 Å². The lowest BCUT2D eigenvalue weighted by molar-refractivity contribution is -0.134. The number of rotatable bonds is 12. The van der Waals surface area contributed by atoms with Gasteiger partial charge in [-0.2, -0.15) is 0 Å². The van der Waals surface area contributed by atoms with Gasteiger partial charge in [-0.3, -0.25) is 91.4 Å². The molecule has 0 radical (unpaired) electrons. The summed E-state index contributed by atoms with van der Waals surface area (Å²) in [6.07, 6.45) is 7.55. The van der Waals surface area contributed by atoms with Gasteiger partial charge in [0, 0.05) is 76.1 Å². The Labute approximate surface area is 478 Å². The average Bonchev–Trinajstić information content (AvgIpc) is 4.09. The second kappa shape index (κ2) is 31.6. The highest BCUT2D eigenvalue weighted by Gasteiger charge is 2.44. The van der Waals surface area contributed by atoms with E-state index in [0.717, 1.165) is 72.5 Å². The van der Waals surface area contributed by atoms with E-state index in [4.69, 9.17) is 73.3 Å². The van der Waals surface area contributed by atoms with Gasteiger partial charge in [0.1, 0.15) is 39.2 Å². The second-order valence-corrected chi connectivity index (χ2v) is 20.8. The van der Waals surface area contributed by atoms with Gasteiger partial charge in [-0.25, -0.2) is 0 Å². The topological polar surface area (TPSA) is 194 Å². The molecule has 416 valence electrons. The number of hydrogen-bond acceptors (Lipinski definition) is 12. The maximum atomic E-state index is 12.1. The Morgan fingerprint density at radius 3 is 0.867 bits per heavy atom. The molecule has 0 saturated heterocycles. The fraction of sp³-hybridized carbons (Fsp3) is 0.529. The Hall–Kier alpha value is -5.40. The molecular formula is C51H80N12O6S6. The van der Waals surface area contributed by atoms with E-state index in [1.807, 2.05) is 60.7 Å². The molecule has 2 aromatic rings. The minimum absolute atomic E-state index is 0. The van der Waals surface area contributed by atoms with Crippen LogP contribution in [0.1, 0.15) is 125 Å². The maximum Gasteiger partial charge on any atom is 0.248 e. The molecule has 4 saturated carbocycles. The van der Waals surface area contributed by atoms with Crippen LogP contribution >= 0.6 is 73.3 Å². The van der Waals surface area contributed by atoms with Gasteiger partial charge in [0.05, 0.1) is 9.98 Å². The van der Waals surface area contributed by atoms with Crippen LogP contribution in [0.15, 0.2) is 60.7 Å². The molecule has 0 atom stereocenters. The first kappa shape index (κ1) is 69.6. The third kappa shape index (κ3) is 23.2. The summed E-state index contributed by atoms with van der Waals surface area (Å²) in [4.78, 5) is 75.4. The highest BCUT2D eigenvalue weighted by molar-refractivity contribution is 7.81. The van der Waals surface area contributed by atoms with Crippen LogP contribution in [-0.4, -0.2) is 138 Å². The summed E-state index contributed by atoms with van der Waals surface area (Å²) in [6, 6.07) is 18.6. The average molecular weight is 1150 g/mol. The normalized spacial score (nSPS) is 14.2. The smallest absolute Gasteiger partial charge is 0.248 e. The van der Waals surface area contributed by atoms with Gasteiger partial charge in [0.25, 0.3) is 0 Å². The van der Waals surface area contributed by atoms with Crippen molar-refractivity contribution in [2.45, 2.75) is 114 Å². The summed E-state index contributed by atoms with van der Waals surface area (Å²) in [5.41, 5.74) is 17.3. The Morgan fingerprint density at radius 1 is 0.413 bits per heavy atom. The summed E-state index contributed by atoms with van der Waals surface area (Å²) < 4.78 is 0. The van der Waals surface area contributed by atoms with Crippen molar-refractivity contribution in [2.24, 2.45) is 22.7 Å². The zero-order chi connectivity index (χ0) is 52.8. The monoisotopic (exact) mass is 1150 g/mol. The number of carbonyl (C=O) groups is 6. The van der Waals surface area contributed by atoms with Crippen molar-refractivity contribution >= 4 is 139 Å². The fourth-order valence-corrected chi connectivity index (χ4v) is 7.91. The molecule has 4 aliphatic rings. The van der Waals surface area contributed by atoms with Crippen molar-refractivity contribution in [3.05, 3.63) is 71.8 Å². The van der Waals surface area contributed by atoms with Crippen LogP contribution in [0.25, 0.3) is 0 Å². The SMILES string of the molecule is C.C.C.C.CN(NC(=O)CC(=O)NN(C)C(=S)C1(C)CC1)C(=S)C1(C)CC1.CN(NC(=O)CC(=O)NN(C)C(=S)C1CC1)C(=S)C1CC1.CN(NC(=O)CC(=O)NN(C)C(=S)c1ccccc1)C(=S)c1ccccc1. The zero-order valence-corrected chi connectivity index (χ0v) is 46.2. The summed E-state index contributed by atoms with van der Waals surface area (Å²) in [5, 5.41) is 8.97. The predicted octanol–water partition coefficient (Wildman–Crippen LogP) is 6.93. The molecule has 24 heteroatoms. The lowest BCUT2D eigenvalue weighted by atomic mass is 10.1. The molecule has 0 heterocycles. The molecular weight excluding hydrogens is 1070 g/mol. The van der Waals surface area contributed by atoms with E-state index in [0.29, 0.717) is 31.8 Å². The van der Waals surface area contributed by atoms with Crippen LogP contribution in [0.4, 0.5) is 0 Å². The van der Waals surface area contributed by atoms with E-state index >= 15 is 0 Å². The number of hydrazine groups is 6. The molecule has 18 nitrogen and oxygen atoms in total. The molecule has 4 fully saturated rings. The van der Waals surface area contributed by atoms with E-state index < -0.39 is 23.6 Å². The van der Waals surface area contributed by atoms with Crippen molar-refractivity contribution in [3.8, 4) is 0 Å². The van der Waals surface area contributed by atoms with E-state index in [9.17, 15) is 28.8 Å². The molecule has 2 aromatic carbocycles.